The Morgan fingerprint density at radius 3 is 2.00 bits per heavy atom. The van der Waals surface area contributed by atoms with E-state index < -0.39 is 17.9 Å². The minimum Gasteiger partial charge on any atom is -0.393 e. The average molecular weight is 255 g/mol. The van der Waals surface area contributed by atoms with E-state index in [0.717, 1.165) is 4.90 Å². The zero-order valence-electron chi connectivity index (χ0n) is 9.77. The maximum absolute atomic E-state index is 9.80. The zero-order valence-corrected chi connectivity index (χ0v) is 9.77. The van der Waals surface area contributed by atoms with Crippen LogP contribution in [0.3, 0.4) is 0 Å². The van der Waals surface area contributed by atoms with Gasteiger partial charge in [-0.3, -0.25) is 0 Å². The fourth-order valence-corrected chi connectivity index (χ4v) is 2.23. The van der Waals surface area contributed by atoms with E-state index >= 15 is 0 Å². The Bertz CT molecular complexity index is 388. The van der Waals surface area contributed by atoms with Crippen LogP contribution in [0.2, 0.25) is 0 Å². The summed E-state index contributed by atoms with van der Waals surface area (Å²) in [5, 5.41) is 48.6. The topological polar surface area (TPSA) is 104 Å². The van der Waals surface area contributed by atoms with Crippen molar-refractivity contribution < 1.29 is 25.5 Å². The lowest BCUT2D eigenvalue weighted by molar-refractivity contribution is -0.419. The molecule has 0 saturated carbocycles. The summed E-state index contributed by atoms with van der Waals surface area (Å²) in [6.45, 7) is -0.0481. The van der Waals surface area contributed by atoms with Crippen LogP contribution in [0.5, 0.6) is 0 Å². The molecule has 0 aliphatic carbocycles. The van der Waals surface area contributed by atoms with E-state index in [1.54, 1.807) is 30.3 Å². The van der Waals surface area contributed by atoms with E-state index in [-0.39, 0.29) is 19.4 Å². The molecule has 2 rings (SSSR count). The summed E-state index contributed by atoms with van der Waals surface area (Å²) in [5.74, 6) is -4.92. The van der Waals surface area contributed by atoms with Crippen LogP contribution in [-0.2, 0) is 6.54 Å². The van der Waals surface area contributed by atoms with E-state index in [4.69, 9.17) is 0 Å². The number of hydrogen-bond acceptors (Lipinski definition) is 6. The van der Waals surface area contributed by atoms with Crippen LogP contribution >= 0.6 is 0 Å². The number of hydrogen-bond donors (Lipinski definition) is 5. The quantitative estimate of drug-likeness (QED) is 0.431. The second kappa shape index (κ2) is 4.58. The van der Waals surface area contributed by atoms with Crippen LogP contribution < -0.4 is 0 Å². The Morgan fingerprint density at radius 1 is 1.00 bits per heavy atom. The van der Waals surface area contributed by atoms with Crippen molar-refractivity contribution in [1.29, 1.82) is 0 Å². The maximum atomic E-state index is 9.80. The van der Waals surface area contributed by atoms with Crippen LogP contribution in [0.4, 0.5) is 0 Å². The van der Waals surface area contributed by atoms with Crippen molar-refractivity contribution in [3.8, 4) is 0 Å². The molecule has 0 aromatic heterocycles. The summed E-state index contributed by atoms with van der Waals surface area (Å²) in [7, 11) is 0. The molecule has 0 unspecified atom stereocenters. The first-order valence-corrected chi connectivity index (χ1v) is 5.70. The molecule has 5 N–H and O–H groups in total. The van der Waals surface area contributed by atoms with Gasteiger partial charge in [-0.15, -0.1) is 0 Å². The van der Waals surface area contributed by atoms with E-state index in [0.29, 0.717) is 5.56 Å². The molecule has 6 nitrogen and oxygen atoms in total. The molecule has 0 atom stereocenters. The smallest absolute Gasteiger partial charge is 0.231 e. The van der Waals surface area contributed by atoms with Gasteiger partial charge < -0.3 is 25.5 Å². The van der Waals surface area contributed by atoms with Crippen LogP contribution in [0.1, 0.15) is 18.4 Å². The third-order valence-corrected chi connectivity index (χ3v) is 3.07. The Hall–Kier alpha value is -1.02. The van der Waals surface area contributed by atoms with E-state index in [1.807, 2.05) is 0 Å². The molecule has 1 aliphatic rings. The van der Waals surface area contributed by atoms with E-state index in [9.17, 15) is 25.5 Å². The van der Waals surface area contributed by atoms with Crippen molar-refractivity contribution in [1.82, 2.24) is 4.90 Å². The number of likely N-dealkylation sites (tertiary alicyclic amines) is 1. The maximum Gasteiger partial charge on any atom is 0.231 e. The summed E-state index contributed by atoms with van der Waals surface area (Å²) in [5.41, 5.74) is 0.703. The van der Waals surface area contributed by atoms with Gasteiger partial charge in [0.25, 0.3) is 0 Å². The molecule has 1 saturated heterocycles. The fraction of sp³-hybridized carbons (Fsp3) is 0.500. The summed E-state index contributed by atoms with van der Waals surface area (Å²) in [6.07, 6.45) is -1.90. The highest BCUT2D eigenvalue weighted by Crippen LogP contribution is 2.34. The molecule has 18 heavy (non-hydrogen) atoms. The highest BCUT2D eigenvalue weighted by molar-refractivity contribution is 5.15. The molecular weight excluding hydrogens is 238 g/mol. The standard InChI is InChI=1S/C12H17NO5/c14-10-6-11(15,16)13(12(17,18)7-10)8-9-4-2-1-3-5-9/h1-5,10,14-18H,6-8H2. The van der Waals surface area contributed by atoms with Gasteiger partial charge >= 0.3 is 0 Å². The van der Waals surface area contributed by atoms with Gasteiger partial charge in [-0.05, 0) is 5.56 Å². The van der Waals surface area contributed by atoms with Crippen LogP contribution in [0.25, 0.3) is 0 Å². The third-order valence-electron chi connectivity index (χ3n) is 3.07. The normalized spacial score (nSPS) is 24.1. The molecule has 0 spiro atoms. The number of benzene rings is 1. The van der Waals surface area contributed by atoms with Crippen molar-refractivity contribution in [2.45, 2.75) is 37.3 Å². The number of aliphatic hydroxyl groups is 5. The van der Waals surface area contributed by atoms with E-state index in [1.165, 1.54) is 0 Å². The van der Waals surface area contributed by atoms with Gasteiger partial charge in [0.15, 0.2) is 0 Å². The van der Waals surface area contributed by atoms with Gasteiger partial charge in [-0.2, -0.15) is 4.90 Å². The lowest BCUT2D eigenvalue weighted by Crippen LogP contribution is -2.66. The fourth-order valence-electron chi connectivity index (χ4n) is 2.23. The lowest BCUT2D eigenvalue weighted by atomic mass is 9.99. The second-order valence-corrected chi connectivity index (χ2v) is 4.68. The van der Waals surface area contributed by atoms with E-state index in [2.05, 4.69) is 0 Å². The Balaban J connectivity index is 2.23. The van der Waals surface area contributed by atoms with Crippen molar-refractivity contribution >= 4 is 0 Å². The van der Waals surface area contributed by atoms with Gasteiger partial charge in [-0.1, -0.05) is 30.3 Å². The molecule has 1 aromatic rings. The summed E-state index contributed by atoms with van der Waals surface area (Å²) < 4.78 is 0. The summed E-state index contributed by atoms with van der Waals surface area (Å²) >= 11 is 0. The first-order chi connectivity index (χ1) is 8.31. The predicted octanol–water partition coefficient (Wildman–Crippen LogP) is -1.08. The second-order valence-electron chi connectivity index (χ2n) is 4.68. The monoisotopic (exact) mass is 255 g/mol. The van der Waals surface area contributed by atoms with Gasteiger partial charge in [0.1, 0.15) is 0 Å². The number of rotatable bonds is 2. The van der Waals surface area contributed by atoms with Crippen LogP contribution in [0, 0.1) is 0 Å². The molecule has 1 fully saturated rings. The van der Waals surface area contributed by atoms with Gasteiger partial charge in [0.2, 0.25) is 11.8 Å². The summed E-state index contributed by atoms with van der Waals surface area (Å²) in [4.78, 5) is 0.752. The Labute approximate surface area is 104 Å². The molecule has 100 valence electrons. The zero-order chi connectivity index (χ0) is 13.4. The SMILES string of the molecule is OC1CC(O)(O)N(Cc2ccccc2)C(O)(O)C1. The molecule has 0 amide bonds. The number of aliphatic hydroxyl groups excluding tert-OH is 1. The number of piperidine rings is 1. The molecule has 0 bridgehead atoms. The largest absolute Gasteiger partial charge is 0.393 e. The first kappa shape index (κ1) is 13.4. The van der Waals surface area contributed by atoms with Crippen molar-refractivity contribution in [3.05, 3.63) is 35.9 Å². The molecule has 1 aromatic carbocycles. The minimum absolute atomic E-state index is 0.0481. The predicted molar refractivity (Wildman–Crippen MR) is 61.6 cm³/mol. The molecule has 6 heteroatoms. The van der Waals surface area contributed by atoms with Crippen molar-refractivity contribution in [2.24, 2.45) is 0 Å². The summed E-state index contributed by atoms with van der Waals surface area (Å²) in [6, 6.07) is 8.80. The lowest BCUT2D eigenvalue weighted by Gasteiger charge is -2.48. The highest BCUT2D eigenvalue weighted by atomic mass is 16.6. The first-order valence-electron chi connectivity index (χ1n) is 5.70. The number of nitrogens with zero attached hydrogens (tertiary/aromatic N) is 1. The molecule has 1 aliphatic heterocycles. The average Bonchev–Trinajstić information content (AvgIpc) is 2.23. The molecule has 1 heterocycles. The van der Waals surface area contributed by atoms with Crippen LogP contribution in [0.15, 0.2) is 30.3 Å². The van der Waals surface area contributed by atoms with Crippen LogP contribution in [-0.4, -0.2) is 48.4 Å². The van der Waals surface area contributed by atoms with Crippen molar-refractivity contribution in [2.75, 3.05) is 0 Å². The third kappa shape index (κ3) is 2.69. The Kier molecular flexibility index (Phi) is 3.41. The molecular formula is C12H17NO5. The Morgan fingerprint density at radius 2 is 1.50 bits per heavy atom. The van der Waals surface area contributed by atoms with Crippen molar-refractivity contribution in [3.63, 3.8) is 0 Å². The molecule has 0 radical (unpaired) electrons. The van der Waals surface area contributed by atoms with Gasteiger partial charge in [-0.25, -0.2) is 0 Å². The van der Waals surface area contributed by atoms with Gasteiger partial charge in [0, 0.05) is 19.4 Å². The minimum atomic E-state index is -2.46. The van der Waals surface area contributed by atoms with Gasteiger partial charge in [0.05, 0.1) is 6.10 Å². The highest BCUT2D eigenvalue weighted by Gasteiger charge is 2.51.